The lowest BCUT2D eigenvalue weighted by Crippen LogP contribution is -2.24. The van der Waals surface area contributed by atoms with Crippen LogP contribution in [0, 0.1) is 5.92 Å². The number of aromatic nitrogens is 3. The molecule has 0 aromatic carbocycles. The number of hydrogen-bond donors (Lipinski definition) is 1. The fourth-order valence-electron chi connectivity index (χ4n) is 3.48. The molecular weight excluding hydrogens is 288 g/mol. The van der Waals surface area contributed by atoms with Gasteiger partial charge in [-0.1, -0.05) is 13.5 Å². The van der Waals surface area contributed by atoms with Crippen LogP contribution in [0.25, 0.3) is 5.65 Å². The van der Waals surface area contributed by atoms with E-state index in [1.165, 1.54) is 19.3 Å². The summed E-state index contributed by atoms with van der Waals surface area (Å²) >= 11 is 0. The number of anilines is 2. The third-order valence-corrected chi connectivity index (χ3v) is 4.87. The van der Waals surface area contributed by atoms with Gasteiger partial charge in [0.2, 0.25) is 0 Å². The van der Waals surface area contributed by atoms with Gasteiger partial charge >= 0.3 is 0 Å². The first kappa shape index (κ1) is 14.4. The van der Waals surface area contributed by atoms with Crippen molar-refractivity contribution >= 4 is 17.2 Å². The summed E-state index contributed by atoms with van der Waals surface area (Å²) in [6.45, 7) is 10.8. The summed E-state index contributed by atoms with van der Waals surface area (Å²) in [4.78, 5) is 9.46. The highest BCUT2D eigenvalue weighted by atomic mass is 15.3. The zero-order valence-electron chi connectivity index (χ0n) is 13.7. The van der Waals surface area contributed by atoms with Gasteiger partial charge in [0, 0.05) is 32.4 Å². The lowest BCUT2D eigenvalue weighted by atomic mass is 10.2. The summed E-state index contributed by atoms with van der Waals surface area (Å²) < 4.78 is 1.82. The monoisotopic (exact) mass is 312 g/mol. The van der Waals surface area contributed by atoms with Crippen molar-refractivity contribution < 1.29 is 0 Å². The predicted molar refractivity (Wildman–Crippen MR) is 92.6 cm³/mol. The van der Waals surface area contributed by atoms with Gasteiger partial charge in [0.15, 0.2) is 5.65 Å². The van der Waals surface area contributed by atoms with Crippen molar-refractivity contribution in [2.24, 2.45) is 5.92 Å². The van der Waals surface area contributed by atoms with Crippen LogP contribution in [0.3, 0.4) is 0 Å². The van der Waals surface area contributed by atoms with Crippen LogP contribution in [0.5, 0.6) is 0 Å². The van der Waals surface area contributed by atoms with Gasteiger partial charge in [0.05, 0.1) is 12.0 Å². The van der Waals surface area contributed by atoms with Crippen LogP contribution in [0.2, 0.25) is 0 Å². The van der Waals surface area contributed by atoms with E-state index >= 15 is 0 Å². The van der Waals surface area contributed by atoms with E-state index in [4.69, 9.17) is 4.98 Å². The highest BCUT2D eigenvalue weighted by Gasteiger charge is 2.21. The number of hydrogen-bond acceptors (Lipinski definition) is 5. The minimum absolute atomic E-state index is 0.734. The van der Waals surface area contributed by atoms with E-state index in [0.717, 1.165) is 55.1 Å². The molecule has 4 heterocycles. The first-order valence-electron chi connectivity index (χ1n) is 8.51. The molecule has 1 atom stereocenters. The van der Waals surface area contributed by atoms with Crippen molar-refractivity contribution in [1.82, 2.24) is 19.5 Å². The molecule has 0 amide bonds. The van der Waals surface area contributed by atoms with E-state index in [0.29, 0.717) is 0 Å². The summed E-state index contributed by atoms with van der Waals surface area (Å²) in [6.07, 6.45) is 7.55. The molecule has 0 bridgehead atoms. The van der Waals surface area contributed by atoms with Crippen LogP contribution in [0.4, 0.5) is 11.5 Å². The molecule has 0 radical (unpaired) electrons. The molecule has 2 fully saturated rings. The molecule has 0 aliphatic carbocycles. The number of likely N-dealkylation sites (tertiary alicyclic amines) is 1. The maximum atomic E-state index is 4.82. The van der Waals surface area contributed by atoms with Gasteiger partial charge in [-0.2, -0.15) is 5.10 Å². The van der Waals surface area contributed by atoms with Crippen LogP contribution in [0.1, 0.15) is 26.2 Å². The summed E-state index contributed by atoms with van der Waals surface area (Å²) in [6, 6.07) is 2.05. The molecule has 6 nitrogen and oxygen atoms in total. The molecule has 6 heteroatoms. The van der Waals surface area contributed by atoms with Gasteiger partial charge < -0.3 is 15.1 Å². The van der Waals surface area contributed by atoms with Gasteiger partial charge in [-0.3, -0.25) is 0 Å². The fourth-order valence-corrected chi connectivity index (χ4v) is 3.48. The maximum absolute atomic E-state index is 4.82. The van der Waals surface area contributed by atoms with Gasteiger partial charge in [-0.05, 0) is 31.2 Å². The fraction of sp³-hybridized carbons (Fsp3) is 0.529. The molecule has 2 aromatic rings. The average Bonchev–Trinajstić information content (AvgIpc) is 3.27. The zero-order chi connectivity index (χ0) is 15.8. The molecule has 2 aliphatic heterocycles. The number of fused-ring (bicyclic) bond motifs is 1. The Labute approximate surface area is 136 Å². The van der Waals surface area contributed by atoms with Gasteiger partial charge in [-0.15, -0.1) is 0 Å². The minimum Gasteiger partial charge on any atom is -0.358 e. The van der Waals surface area contributed by atoms with E-state index < -0.39 is 0 Å². The Morgan fingerprint density at radius 2 is 2.13 bits per heavy atom. The van der Waals surface area contributed by atoms with Crippen molar-refractivity contribution in [1.29, 1.82) is 0 Å². The Morgan fingerprint density at radius 1 is 1.30 bits per heavy atom. The van der Waals surface area contributed by atoms with E-state index in [9.17, 15) is 0 Å². The largest absolute Gasteiger partial charge is 0.358 e. The van der Waals surface area contributed by atoms with Crippen molar-refractivity contribution in [3.8, 4) is 0 Å². The molecule has 2 aliphatic rings. The molecule has 122 valence electrons. The molecule has 0 saturated carbocycles. The zero-order valence-corrected chi connectivity index (χ0v) is 13.7. The normalized spacial score (nSPS) is 21.3. The van der Waals surface area contributed by atoms with Crippen molar-refractivity contribution in [3.63, 3.8) is 0 Å². The molecule has 2 aromatic heterocycles. The first-order valence-corrected chi connectivity index (χ1v) is 8.51. The second kappa shape index (κ2) is 5.76. The van der Waals surface area contributed by atoms with E-state index in [2.05, 4.69) is 33.7 Å². The van der Waals surface area contributed by atoms with Crippen LogP contribution in [-0.2, 0) is 0 Å². The van der Waals surface area contributed by atoms with E-state index in [-0.39, 0.29) is 0 Å². The number of nitrogens with zero attached hydrogens (tertiary/aromatic N) is 5. The van der Waals surface area contributed by atoms with Crippen LogP contribution in [0.15, 0.2) is 30.9 Å². The SMILES string of the molecule is C=C(Nc1cnn2ccc(N3CCCC3)nc12)N1CCC(C)C1. The van der Waals surface area contributed by atoms with Crippen molar-refractivity contribution in [3.05, 3.63) is 30.9 Å². The molecule has 1 unspecified atom stereocenters. The Kier molecular flexibility index (Phi) is 3.59. The van der Waals surface area contributed by atoms with Crippen LogP contribution < -0.4 is 10.2 Å². The lowest BCUT2D eigenvalue weighted by molar-refractivity contribution is 0.416. The summed E-state index contributed by atoms with van der Waals surface area (Å²) in [5.41, 5.74) is 1.79. The van der Waals surface area contributed by atoms with Crippen LogP contribution in [-0.4, -0.2) is 45.7 Å². The number of rotatable bonds is 4. The van der Waals surface area contributed by atoms with E-state index in [1.54, 1.807) is 0 Å². The predicted octanol–water partition coefficient (Wildman–Crippen LogP) is 2.55. The topological polar surface area (TPSA) is 48.7 Å². The highest BCUT2D eigenvalue weighted by Crippen LogP contribution is 2.24. The third-order valence-electron chi connectivity index (χ3n) is 4.87. The molecule has 4 rings (SSSR count). The first-order chi connectivity index (χ1) is 11.2. The highest BCUT2D eigenvalue weighted by molar-refractivity contribution is 5.70. The molecule has 0 spiro atoms. The van der Waals surface area contributed by atoms with Gasteiger partial charge in [0.25, 0.3) is 0 Å². The van der Waals surface area contributed by atoms with Gasteiger partial charge in [0.1, 0.15) is 11.5 Å². The summed E-state index contributed by atoms with van der Waals surface area (Å²) in [5.74, 6) is 2.72. The Balaban J connectivity index is 1.57. The maximum Gasteiger partial charge on any atom is 0.180 e. The Bertz CT molecular complexity index is 715. The minimum atomic E-state index is 0.734. The lowest BCUT2D eigenvalue weighted by Gasteiger charge is -2.21. The molecular formula is C17H24N6. The average molecular weight is 312 g/mol. The standard InChI is InChI=1S/C17H24N6/c1-13-5-9-22(12-13)14(2)19-15-11-18-23-10-6-16(20-17(15)23)21-7-3-4-8-21/h6,10-11,13,19H,2-5,7-9,12H2,1H3. The van der Waals surface area contributed by atoms with E-state index in [1.807, 2.05) is 23.0 Å². The Morgan fingerprint density at radius 3 is 2.87 bits per heavy atom. The molecule has 1 N–H and O–H groups in total. The van der Waals surface area contributed by atoms with Crippen molar-refractivity contribution in [2.75, 3.05) is 36.4 Å². The van der Waals surface area contributed by atoms with Crippen molar-refractivity contribution in [2.45, 2.75) is 26.2 Å². The number of nitrogens with one attached hydrogen (secondary N) is 1. The quantitative estimate of drug-likeness (QED) is 0.940. The molecule has 2 saturated heterocycles. The van der Waals surface area contributed by atoms with Gasteiger partial charge in [-0.25, -0.2) is 9.50 Å². The smallest absolute Gasteiger partial charge is 0.180 e. The Hall–Kier alpha value is -2.24. The molecule has 23 heavy (non-hydrogen) atoms. The summed E-state index contributed by atoms with van der Waals surface area (Å²) in [7, 11) is 0. The third kappa shape index (κ3) is 2.73. The summed E-state index contributed by atoms with van der Waals surface area (Å²) in [5, 5.41) is 7.81. The van der Waals surface area contributed by atoms with Crippen LogP contribution >= 0.6 is 0 Å². The second-order valence-corrected chi connectivity index (χ2v) is 6.72. The second-order valence-electron chi connectivity index (χ2n) is 6.72.